The van der Waals surface area contributed by atoms with Crippen LogP contribution in [0, 0.1) is 12.8 Å². The smallest absolute Gasteiger partial charge is 0.128 e. The van der Waals surface area contributed by atoms with Crippen LogP contribution in [0.15, 0.2) is 36.5 Å². The zero-order valence-corrected chi connectivity index (χ0v) is 11.8. The van der Waals surface area contributed by atoms with Crippen molar-refractivity contribution in [1.29, 1.82) is 0 Å². The van der Waals surface area contributed by atoms with Crippen molar-refractivity contribution in [2.24, 2.45) is 11.7 Å². The van der Waals surface area contributed by atoms with Crippen LogP contribution in [0.1, 0.15) is 34.7 Å². The van der Waals surface area contributed by atoms with Crippen LogP contribution in [0.5, 0.6) is 0 Å². The fourth-order valence-electron chi connectivity index (χ4n) is 3.16. The Bertz CT molecular complexity index is 621. The van der Waals surface area contributed by atoms with Crippen LogP contribution in [0.3, 0.4) is 0 Å². The molecule has 0 spiro atoms. The van der Waals surface area contributed by atoms with Crippen molar-refractivity contribution in [2.75, 3.05) is 5.73 Å². The first-order chi connectivity index (χ1) is 9.65. The molecule has 0 amide bonds. The van der Waals surface area contributed by atoms with Crippen LogP contribution in [0.4, 0.5) is 5.82 Å². The van der Waals surface area contributed by atoms with E-state index in [0.29, 0.717) is 11.7 Å². The summed E-state index contributed by atoms with van der Waals surface area (Å²) in [4.78, 5) is 4.24. The molecule has 2 atom stereocenters. The Morgan fingerprint density at radius 3 is 2.80 bits per heavy atom. The van der Waals surface area contributed by atoms with Gasteiger partial charge in [0.15, 0.2) is 0 Å². The third-order valence-electron chi connectivity index (χ3n) is 4.34. The van der Waals surface area contributed by atoms with Crippen molar-refractivity contribution in [3.05, 3.63) is 58.8 Å². The van der Waals surface area contributed by atoms with Crippen molar-refractivity contribution in [3.8, 4) is 0 Å². The summed E-state index contributed by atoms with van der Waals surface area (Å²) in [5, 5.41) is 0. The number of pyridine rings is 1. The van der Waals surface area contributed by atoms with E-state index in [4.69, 9.17) is 11.5 Å². The molecule has 0 fully saturated rings. The highest BCUT2D eigenvalue weighted by Gasteiger charge is 2.26. The maximum atomic E-state index is 6.48. The van der Waals surface area contributed by atoms with E-state index in [1.54, 1.807) is 6.20 Å². The average molecular weight is 267 g/mol. The summed E-state index contributed by atoms with van der Waals surface area (Å²) in [6, 6.07) is 10.7. The largest absolute Gasteiger partial charge is 0.383 e. The lowest BCUT2D eigenvalue weighted by molar-refractivity contribution is 0.382. The Morgan fingerprint density at radius 1 is 1.25 bits per heavy atom. The predicted molar refractivity (Wildman–Crippen MR) is 82.3 cm³/mol. The molecule has 1 aliphatic carbocycles. The van der Waals surface area contributed by atoms with Gasteiger partial charge in [-0.05, 0) is 54.9 Å². The van der Waals surface area contributed by atoms with Crippen LogP contribution < -0.4 is 11.5 Å². The molecule has 1 aromatic carbocycles. The van der Waals surface area contributed by atoms with Crippen molar-refractivity contribution >= 4 is 5.82 Å². The number of aromatic nitrogens is 1. The highest BCUT2D eigenvalue weighted by molar-refractivity contribution is 5.43. The Morgan fingerprint density at radius 2 is 2.00 bits per heavy atom. The summed E-state index contributed by atoms with van der Waals surface area (Å²) < 4.78 is 0. The highest BCUT2D eigenvalue weighted by atomic mass is 14.8. The number of hydrogen-bond acceptors (Lipinski definition) is 3. The normalized spacial score (nSPS) is 19.4. The molecule has 3 heteroatoms. The SMILES string of the molecule is Cc1cnc(N)c(C(N)C2CCc3ccccc3C2)c1. The summed E-state index contributed by atoms with van der Waals surface area (Å²) in [6.45, 7) is 2.03. The minimum Gasteiger partial charge on any atom is -0.383 e. The van der Waals surface area contributed by atoms with E-state index >= 15 is 0 Å². The van der Waals surface area contributed by atoms with Gasteiger partial charge in [-0.15, -0.1) is 0 Å². The molecule has 104 valence electrons. The molecular weight excluding hydrogens is 246 g/mol. The first kappa shape index (κ1) is 13.1. The van der Waals surface area contributed by atoms with E-state index in [1.807, 2.05) is 6.92 Å². The number of anilines is 1. The van der Waals surface area contributed by atoms with Gasteiger partial charge in [-0.2, -0.15) is 0 Å². The van der Waals surface area contributed by atoms with Gasteiger partial charge < -0.3 is 11.5 Å². The molecule has 0 bridgehead atoms. The lowest BCUT2D eigenvalue weighted by atomic mass is 9.78. The standard InChI is InChI=1S/C17H21N3/c1-11-8-15(17(19)20-10-11)16(18)14-7-6-12-4-2-3-5-13(12)9-14/h2-5,8,10,14,16H,6-7,9,18H2,1H3,(H2,19,20). The second-order valence-electron chi connectivity index (χ2n) is 5.78. The second kappa shape index (κ2) is 5.25. The van der Waals surface area contributed by atoms with Crippen LogP contribution in [0.25, 0.3) is 0 Å². The minimum absolute atomic E-state index is 0.0317. The number of benzene rings is 1. The van der Waals surface area contributed by atoms with E-state index in [9.17, 15) is 0 Å². The number of nitrogens with two attached hydrogens (primary N) is 2. The van der Waals surface area contributed by atoms with Gasteiger partial charge >= 0.3 is 0 Å². The molecule has 4 N–H and O–H groups in total. The van der Waals surface area contributed by atoms with Crippen LogP contribution >= 0.6 is 0 Å². The summed E-state index contributed by atoms with van der Waals surface area (Å²) >= 11 is 0. The fourth-order valence-corrected chi connectivity index (χ4v) is 3.16. The van der Waals surface area contributed by atoms with Crippen molar-refractivity contribution in [2.45, 2.75) is 32.2 Å². The molecule has 3 rings (SSSR count). The number of aryl methyl sites for hydroxylation is 2. The van der Waals surface area contributed by atoms with Crippen molar-refractivity contribution < 1.29 is 0 Å². The van der Waals surface area contributed by atoms with E-state index in [-0.39, 0.29) is 6.04 Å². The van der Waals surface area contributed by atoms with E-state index < -0.39 is 0 Å². The van der Waals surface area contributed by atoms with Crippen LogP contribution in [-0.4, -0.2) is 4.98 Å². The third kappa shape index (κ3) is 2.41. The summed E-state index contributed by atoms with van der Waals surface area (Å²) in [5.74, 6) is 1.01. The number of hydrogen-bond donors (Lipinski definition) is 2. The summed E-state index contributed by atoms with van der Waals surface area (Å²) in [5.41, 5.74) is 17.5. The topological polar surface area (TPSA) is 64.9 Å². The molecule has 0 saturated carbocycles. The minimum atomic E-state index is -0.0317. The van der Waals surface area contributed by atoms with Gasteiger partial charge in [0, 0.05) is 17.8 Å². The lowest BCUT2D eigenvalue weighted by Crippen LogP contribution is -2.28. The van der Waals surface area contributed by atoms with Crippen LogP contribution in [0.2, 0.25) is 0 Å². The first-order valence-electron chi connectivity index (χ1n) is 7.19. The number of nitrogen functional groups attached to an aromatic ring is 1. The van der Waals surface area contributed by atoms with Gasteiger partial charge in [0.1, 0.15) is 5.82 Å². The third-order valence-corrected chi connectivity index (χ3v) is 4.34. The van der Waals surface area contributed by atoms with Gasteiger partial charge in [-0.1, -0.05) is 24.3 Å². The average Bonchev–Trinajstić information content (AvgIpc) is 2.48. The molecule has 20 heavy (non-hydrogen) atoms. The van der Waals surface area contributed by atoms with Gasteiger partial charge in [-0.25, -0.2) is 4.98 Å². The van der Waals surface area contributed by atoms with Gasteiger partial charge in [0.05, 0.1) is 0 Å². The molecule has 3 nitrogen and oxygen atoms in total. The zero-order chi connectivity index (χ0) is 14.1. The van der Waals surface area contributed by atoms with Crippen molar-refractivity contribution in [1.82, 2.24) is 4.98 Å². The Balaban J connectivity index is 1.85. The lowest BCUT2D eigenvalue weighted by Gasteiger charge is -2.30. The van der Waals surface area contributed by atoms with Crippen molar-refractivity contribution in [3.63, 3.8) is 0 Å². The van der Waals surface area contributed by atoms with Gasteiger partial charge in [-0.3, -0.25) is 0 Å². The monoisotopic (exact) mass is 267 g/mol. The molecule has 0 aliphatic heterocycles. The molecule has 0 saturated heterocycles. The number of nitrogens with zero attached hydrogens (tertiary/aromatic N) is 1. The molecular formula is C17H21N3. The van der Waals surface area contributed by atoms with E-state index in [2.05, 4.69) is 35.3 Å². The molecule has 1 heterocycles. The number of rotatable bonds is 2. The quantitative estimate of drug-likeness (QED) is 0.879. The fraction of sp³-hybridized carbons (Fsp3) is 0.353. The Hall–Kier alpha value is -1.87. The second-order valence-corrected chi connectivity index (χ2v) is 5.78. The molecule has 2 unspecified atom stereocenters. The predicted octanol–water partition coefficient (Wildman–Crippen LogP) is 2.78. The molecule has 0 radical (unpaired) electrons. The zero-order valence-electron chi connectivity index (χ0n) is 11.8. The van der Waals surface area contributed by atoms with E-state index in [0.717, 1.165) is 30.4 Å². The molecule has 2 aromatic rings. The van der Waals surface area contributed by atoms with Gasteiger partial charge in [0.25, 0.3) is 0 Å². The van der Waals surface area contributed by atoms with Gasteiger partial charge in [0.2, 0.25) is 0 Å². The maximum absolute atomic E-state index is 6.48. The number of fused-ring (bicyclic) bond motifs is 1. The highest BCUT2D eigenvalue weighted by Crippen LogP contribution is 2.34. The first-order valence-corrected chi connectivity index (χ1v) is 7.19. The Kier molecular flexibility index (Phi) is 3.45. The van der Waals surface area contributed by atoms with Crippen LogP contribution in [-0.2, 0) is 12.8 Å². The maximum Gasteiger partial charge on any atom is 0.128 e. The molecule has 1 aliphatic rings. The Labute approximate surface area is 120 Å². The molecule has 1 aromatic heterocycles. The summed E-state index contributed by atoms with van der Waals surface area (Å²) in [6.07, 6.45) is 5.05. The summed E-state index contributed by atoms with van der Waals surface area (Å²) in [7, 11) is 0. The van der Waals surface area contributed by atoms with E-state index in [1.165, 1.54) is 11.1 Å².